The first-order valence-electron chi connectivity index (χ1n) is 8.01. The topological polar surface area (TPSA) is 136 Å². The molecule has 12 heteroatoms. The maximum absolute atomic E-state index is 12.6. The molecule has 1 aromatic carbocycles. The second-order valence-corrected chi connectivity index (χ2v) is 7.69. The van der Waals surface area contributed by atoms with Gasteiger partial charge in [-0.15, -0.1) is 0 Å². The van der Waals surface area contributed by atoms with Crippen molar-refractivity contribution in [3.63, 3.8) is 0 Å². The number of hydrogen-bond acceptors (Lipinski definition) is 7. The van der Waals surface area contributed by atoms with E-state index in [1.807, 2.05) is 0 Å². The lowest BCUT2D eigenvalue weighted by molar-refractivity contribution is 0.271. The summed E-state index contributed by atoms with van der Waals surface area (Å²) in [5, 5.41) is 16.0. The Labute approximate surface area is 168 Å². The molecular formula is C16H21ClN6O4S. The molecule has 1 heterocycles. The third-order valence-corrected chi connectivity index (χ3v) is 5.55. The number of rotatable bonds is 8. The van der Waals surface area contributed by atoms with Crippen molar-refractivity contribution in [2.75, 3.05) is 13.2 Å². The number of nitrogens with zero attached hydrogens (tertiary/aromatic N) is 4. The number of nitrogens with one attached hydrogen (secondary N) is 1. The van der Waals surface area contributed by atoms with E-state index in [0.717, 1.165) is 10.6 Å². The monoisotopic (exact) mass is 428 g/mol. The molecule has 0 saturated heterocycles. The van der Waals surface area contributed by atoms with E-state index in [4.69, 9.17) is 31.7 Å². The van der Waals surface area contributed by atoms with Crippen LogP contribution in [0.5, 0.6) is 11.5 Å². The summed E-state index contributed by atoms with van der Waals surface area (Å²) in [5.74, 6) is 0.188. The minimum atomic E-state index is -4.18. The molecule has 0 fully saturated rings. The van der Waals surface area contributed by atoms with Crippen LogP contribution in [0.15, 0.2) is 28.2 Å². The van der Waals surface area contributed by atoms with Crippen LogP contribution in [-0.2, 0) is 17.2 Å². The molecule has 0 aliphatic carbocycles. The molecule has 3 N–H and O–H groups in total. The highest BCUT2D eigenvalue weighted by Gasteiger charge is 2.27. The van der Waals surface area contributed by atoms with Crippen molar-refractivity contribution in [2.45, 2.75) is 18.7 Å². The zero-order valence-electron chi connectivity index (χ0n) is 15.6. The minimum Gasteiger partial charge on any atom is -0.492 e. The molecule has 10 nitrogen and oxygen atoms in total. The van der Waals surface area contributed by atoms with Crippen LogP contribution in [0.1, 0.15) is 11.3 Å². The van der Waals surface area contributed by atoms with Gasteiger partial charge in [-0.05, 0) is 31.5 Å². The van der Waals surface area contributed by atoms with Crippen LogP contribution in [-0.4, -0.2) is 49.0 Å². The third kappa shape index (κ3) is 4.93. The molecule has 0 amide bonds. The molecule has 0 unspecified atom stereocenters. The van der Waals surface area contributed by atoms with Crippen molar-refractivity contribution < 1.29 is 17.3 Å². The van der Waals surface area contributed by atoms with Crippen molar-refractivity contribution >= 4 is 34.4 Å². The quantitative estimate of drug-likeness (QED) is 0.282. The second kappa shape index (κ2) is 8.48. The maximum Gasteiger partial charge on any atom is 0.344 e. The van der Waals surface area contributed by atoms with Gasteiger partial charge in [0.1, 0.15) is 23.3 Å². The molecule has 0 aliphatic rings. The molecule has 0 spiro atoms. The summed E-state index contributed by atoms with van der Waals surface area (Å²) < 4.78 is 37.3. The summed E-state index contributed by atoms with van der Waals surface area (Å²) in [6.07, 6.45) is 0. The third-order valence-electron chi connectivity index (χ3n) is 3.60. The van der Waals surface area contributed by atoms with E-state index >= 15 is 0 Å². The van der Waals surface area contributed by atoms with E-state index in [2.05, 4.69) is 16.9 Å². The number of nitrogens with two attached hydrogens (primary N) is 1. The van der Waals surface area contributed by atoms with Gasteiger partial charge in [-0.2, -0.15) is 18.6 Å². The van der Waals surface area contributed by atoms with Gasteiger partial charge in [-0.3, -0.25) is 10.1 Å². The Kier molecular flexibility index (Phi) is 6.52. The SMILES string of the molecule is C=NN(CCOc1cc(C)cc(OS(=O)(=O)c2c(C)nn(C)c2Cl)c1)C(=N)N. The summed E-state index contributed by atoms with van der Waals surface area (Å²) in [4.78, 5) is -0.185. The van der Waals surface area contributed by atoms with Crippen LogP contribution < -0.4 is 14.7 Å². The van der Waals surface area contributed by atoms with Crippen molar-refractivity contribution in [1.82, 2.24) is 14.8 Å². The number of benzene rings is 1. The Morgan fingerprint density at radius 1 is 1.39 bits per heavy atom. The van der Waals surface area contributed by atoms with Crippen LogP contribution in [0.3, 0.4) is 0 Å². The van der Waals surface area contributed by atoms with Gasteiger partial charge in [-0.25, -0.2) is 5.01 Å². The predicted molar refractivity (Wildman–Crippen MR) is 106 cm³/mol. The summed E-state index contributed by atoms with van der Waals surface area (Å²) >= 11 is 6.04. The number of hydrazone groups is 1. The average molecular weight is 429 g/mol. The number of halogens is 1. The highest BCUT2D eigenvalue weighted by Crippen LogP contribution is 2.29. The number of ether oxygens (including phenoxy) is 1. The first-order chi connectivity index (χ1) is 13.0. The van der Waals surface area contributed by atoms with Gasteiger partial charge >= 0.3 is 10.1 Å². The molecule has 0 bridgehead atoms. The number of hydrogen-bond donors (Lipinski definition) is 2. The Hall–Kier alpha value is -2.79. The van der Waals surface area contributed by atoms with E-state index in [-0.39, 0.29) is 40.6 Å². The van der Waals surface area contributed by atoms with Crippen molar-refractivity contribution in [3.8, 4) is 11.5 Å². The number of guanidine groups is 1. The molecule has 2 rings (SSSR count). The van der Waals surface area contributed by atoms with E-state index in [1.165, 1.54) is 24.7 Å². The highest BCUT2D eigenvalue weighted by atomic mass is 35.5. The second-order valence-electron chi connectivity index (χ2n) is 5.85. The molecule has 0 atom stereocenters. The van der Waals surface area contributed by atoms with E-state index in [9.17, 15) is 8.42 Å². The molecule has 152 valence electrons. The van der Waals surface area contributed by atoms with Crippen LogP contribution in [0.4, 0.5) is 0 Å². The average Bonchev–Trinajstić information content (AvgIpc) is 2.83. The van der Waals surface area contributed by atoms with Gasteiger partial charge in [0.2, 0.25) is 5.96 Å². The van der Waals surface area contributed by atoms with Crippen LogP contribution in [0, 0.1) is 19.3 Å². The zero-order valence-corrected chi connectivity index (χ0v) is 17.2. The predicted octanol–water partition coefficient (Wildman–Crippen LogP) is 1.65. The largest absolute Gasteiger partial charge is 0.492 e. The maximum atomic E-state index is 12.6. The lowest BCUT2D eigenvalue weighted by Crippen LogP contribution is -2.34. The lowest BCUT2D eigenvalue weighted by atomic mass is 10.2. The Morgan fingerprint density at radius 2 is 2.04 bits per heavy atom. The van der Waals surface area contributed by atoms with Crippen LogP contribution in [0.25, 0.3) is 0 Å². The molecule has 1 aromatic heterocycles. The summed E-state index contributed by atoms with van der Waals surface area (Å²) in [7, 11) is -2.65. The first kappa shape index (κ1) is 21.5. The molecule has 28 heavy (non-hydrogen) atoms. The normalized spacial score (nSPS) is 11.1. The van der Waals surface area contributed by atoms with Crippen molar-refractivity contribution in [3.05, 3.63) is 34.6 Å². The van der Waals surface area contributed by atoms with E-state index in [1.54, 1.807) is 19.1 Å². The smallest absolute Gasteiger partial charge is 0.344 e. The van der Waals surface area contributed by atoms with Gasteiger partial charge in [-0.1, -0.05) is 11.6 Å². The molecule has 0 radical (unpaired) electrons. The van der Waals surface area contributed by atoms with Crippen LogP contribution in [0.2, 0.25) is 5.15 Å². The van der Waals surface area contributed by atoms with E-state index in [0.29, 0.717) is 5.75 Å². The summed E-state index contributed by atoms with van der Waals surface area (Å²) in [5.41, 5.74) is 6.30. The first-order valence-corrected chi connectivity index (χ1v) is 9.80. The van der Waals surface area contributed by atoms with Crippen LogP contribution >= 0.6 is 11.6 Å². The lowest BCUT2D eigenvalue weighted by Gasteiger charge is -2.16. The molecular weight excluding hydrogens is 408 g/mol. The fourth-order valence-corrected chi connectivity index (χ4v) is 4.06. The Morgan fingerprint density at radius 3 is 2.57 bits per heavy atom. The minimum absolute atomic E-state index is 0.0390. The Bertz CT molecular complexity index is 1000. The van der Waals surface area contributed by atoms with Crippen molar-refractivity contribution in [1.29, 1.82) is 5.41 Å². The fourth-order valence-electron chi connectivity index (χ4n) is 2.43. The van der Waals surface area contributed by atoms with E-state index < -0.39 is 10.1 Å². The number of aryl methyl sites for hydroxylation is 3. The Balaban J connectivity index is 2.19. The van der Waals surface area contributed by atoms with Gasteiger partial charge in [0.05, 0.1) is 12.2 Å². The van der Waals surface area contributed by atoms with Gasteiger partial charge < -0.3 is 14.7 Å². The standard InChI is InChI=1S/C16H21ClN6O4S/c1-10-7-12(26-6-5-23(20-3)16(18)19)9-13(8-10)27-28(24,25)14-11(2)21-22(4)15(14)17/h7-9H,3,5-6H2,1-2,4H3,(H3,18,19). The van der Waals surface area contributed by atoms with Gasteiger partial charge in [0.25, 0.3) is 0 Å². The number of aromatic nitrogens is 2. The fraction of sp³-hybridized carbons (Fsp3) is 0.312. The van der Waals surface area contributed by atoms with Crippen molar-refractivity contribution in [2.24, 2.45) is 17.9 Å². The molecule has 2 aromatic rings. The zero-order chi connectivity index (χ0) is 21.1. The highest BCUT2D eigenvalue weighted by molar-refractivity contribution is 7.87. The van der Waals surface area contributed by atoms with Gasteiger partial charge in [0, 0.05) is 19.8 Å². The molecule has 0 aliphatic heterocycles. The summed E-state index contributed by atoms with van der Waals surface area (Å²) in [6.45, 7) is 6.95. The molecule has 0 saturated carbocycles. The van der Waals surface area contributed by atoms with Gasteiger partial charge in [0.15, 0.2) is 4.90 Å². The summed E-state index contributed by atoms with van der Waals surface area (Å²) in [6, 6.07) is 4.70.